The van der Waals surface area contributed by atoms with Gasteiger partial charge in [0, 0.05) is 18.5 Å². The molecule has 0 spiro atoms. The Labute approximate surface area is 111 Å². The van der Waals surface area contributed by atoms with Gasteiger partial charge in [0.15, 0.2) is 5.82 Å². The predicted octanol–water partition coefficient (Wildman–Crippen LogP) is 3.14. The van der Waals surface area contributed by atoms with Gasteiger partial charge in [-0.15, -0.1) is 10.2 Å². The van der Waals surface area contributed by atoms with Crippen molar-refractivity contribution in [2.75, 3.05) is 11.9 Å². The number of furan rings is 1. The minimum Gasteiger partial charge on any atom is -0.464 e. The Hall–Kier alpha value is -2.30. The van der Waals surface area contributed by atoms with Gasteiger partial charge in [0.1, 0.15) is 11.8 Å². The molecule has 2 heterocycles. The lowest BCUT2D eigenvalue weighted by molar-refractivity contribution is 0.616. The van der Waals surface area contributed by atoms with Crippen molar-refractivity contribution in [2.24, 2.45) is 0 Å². The van der Waals surface area contributed by atoms with E-state index in [1.54, 1.807) is 6.26 Å². The molecule has 0 aliphatic rings. The molecule has 0 fully saturated rings. The Kier molecular flexibility index (Phi) is 2.95. The summed E-state index contributed by atoms with van der Waals surface area (Å²) in [5.41, 5.74) is 1.85. The van der Waals surface area contributed by atoms with E-state index in [0.717, 1.165) is 41.4 Å². The van der Waals surface area contributed by atoms with Crippen LogP contribution < -0.4 is 5.32 Å². The average molecular weight is 256 g/mol. The molecule has 0 atom stereocenters. The van der Waals surface area contributed by atoms with Crippen LogP contribution in [0.2, 0.25) is 0 Å². The van der Waals surface area contributed by atoms with E-state index in [2.05, 4.69) is 27.0 Å². The van der Waals surface area contributed by atoms with Crippen LogP contribution in [0.25, 0.3) is 22.4 Å². The van der Waals surface area contributed by atoms with Gasteiger partial charge in [-0.3, -0.25) is 4.57 Å². The second-order valence-corrected chi connectivity index (χ2v) is 4.27. The van der Waals surface area contributed by atoms with E-state index in [9.17, 15) is 0 Å². The number of fused-ring (bicyclic) bond motifs is 1. The molecule has 0 aliphatic carbocycles. The SMILES string of the molecule is CCNc1nnc(-c2coc3ccccc23)n1CC. The van der Waals surface area contributed by atoms with E-state index in [1.807, 2.05) is 31.2 Å². The second-order valence-electron chi connectivity index (χ2n) is 4.27. The predicted molar refractivity (Wildman–Crippen MR) is 75.1 cm³/mol. The minimum atomic E-state index is 0.797. The van der Waals surface area contributed by atoms with Crippen molar-refractivity contribution in [3.05, 3.63) is 30.5 Å². The van der Waals surface area contributed by atoms with Gasteiger partial charge in [-0.05, 0) is 19.9 Å². The van der Waals surface area contributed by atoms with Gasteiger partial charge in [0.25, 0.3) is 0 Å². The molecule has 98 valence electrons. The van der Waals surface area contributed by atoms with Gasteiger partial charge in [0.05, 0.1) is 5.56 Å². The molecule has 0 unspecified atom stereocenters. The maximum absolute atomic E-state index is 5.57. The van der Waals surface area contributed by atoms with Crippen LogP contribution in [-0.4, -0.2) is 21.3 Å². The van der Waals surface area contributed by atoms with Gasteiger partial charge in [0.2, 0.25) is 5.95 Å². The van der Waals surface area contributed by atoms with E-state index >= 15 is 0 Å². The van der Waals surface area contributed by atoms with Crippen LogP contribution in [0.15, 0.2) is 34.9 Å². The summed E-state index contributed by atoms with van der Waals surface area (Å²) in [7, 11) is 0. The highest BCUT2D eigenvalue weighted by Crippen LogP contribution is 2.30. The van der Waals surface area contributed by atoms with Crippen LogP contribution >= 0.6 is 0 Å². The first-order valence-electron chi connectivity index (χ1n) is 6.48. The molecule has 0 amide bonds. The number of aromatic nitrogens is 3. The molecule has 0 saturated carbocycles. The molecular weight excluding hydrogens is 240 g/mol. The summed E-state index contributed by atoms with van der Waals surface area (Å²) in [6, 6.07) is 7.95. The van der Waals surface area contributed by atoms with Gasteiger partial charge in [-0.25, -0.2) is 0 Å². The third-order valence-electron chi connectivity index (χ3n) is 3.12. The molecule has 2 aromatic heterocycles. The second kappa shape index (κ2) is 4.76. The number of para-hydroxylation sites is 1. The Morgan fingerprint density at radius 2 is 2.05 bits per heavy atom. The van der Waals surface area contributed by atoms with Crippen molar-refractivity contribution < 1.29 is 4.42 Å². The maximum atomic E-state index is 5.57. The lowest BCUT2D eigenvalue weighted by Gasteiger charge is -2.06. The van der Waals surface area contributed by atoms with Crippen LogP contribution in [0.4, 0.5) is 5.95 Å². The summed E-state index contributed by atoms with van der Waals surface area (Å²) >= 11 is 0. The number of anilines is 1. The number of benzene rings is 1. The van der Waals surface area contributed by atoms with Gasteiger partial charge in [-0.2, -0.15) is 0 Å². The first kappa shape index (κ1) is 11.8. The normalized spacial score (nSPS) is 11.1. The number of hydrogen-bond acceptors (Lipinski definition) is 4. The Balaban J connectivity index is 2.16. The Morgan fingerprint density at radius 3 is 2.84 bits per heavy atom. The number of nitrogens with zero attached hydrogens (tertiary/aromatic N) is 3. The standard InChI is InChI=1S/C14H16N4O/c1-3-15-14-17-16-13(18(14)4-2)11-9-19-12-8-6-5-7-10(11)12/h5-9H,3-4H2,1-2H3,(H,15,17). The average Bonchev–Trinajstić information content (AvgIpc) is 3.02. The Bertz CT molecular complexity index is 698. The van der Waals surface area contributed by atoms with Gasteiger partial charge < -0.3 is 9.73 Å². The summed E-state index contributed by atoms with van der Waals surface area (Å²) in [5.74, 6) is 1.63. The first-order chi connectivity index (χ1) is 9.35. The topological polar surface area (TPSA) is 55.9 Å². The quantitative estimate of drug-likeness (QED) is 0.779. The molecule has 1 N–H and O–H groups in total. The third kappa shape index (κ3) is 1.87. The highest BCUT2D eigenvalue weighted by atomic mass is 16.3. The smallest absolute Gasteiger partial charge is 0.224 e. The number of nitrogens with one attached hydrogen (secondary N) is 1. The van der Waals surface area contributed by atoms with E-state index in [4.69, 9.17) is 4.42 Å². The molecule has 0 bridgehead atoms. The van der Waals surface area contributed by atoms with Crippen molar-refractivity contribution in [3.63, 3.8) is 0 Å². The third-order valence-corrected chi connectivity index (χ3v) is 3.12. The van der Waals surface area contributed by atoms with Crippen LogP contribution in [-0.2, 0) is 6.54 Å². The molecule has 3 aromatic rings. The molecular formula is C14H16N4O. The van der Waals surface area contributed by atoms with Crippen LogP contribution in [0.1, 0.15) is 13.8 Å². The lowest BCUT2D eigenvalue weighted by Crippen LogP contribution is -2.06. The van der Waals surface area contributed by atoms with Crippen molar-refractivity contribution >= 4 is 16.9 Å². The van der Waals surface area contributed by atoms with E-state index in [0.29, 0.717) is 0 Å². The fourth-order valence-electron chi connectivity index (χ4n) is 2.24. The maximum Gasteiger partial charge on any atom is 0.224 e. The molecule has 19 heavy (non-hydrogen) atoms. The minimum absolute atomic E-state index is 0.797. The van der Waals surface area contributed by atoms with Crippen molar-refractivity contribution in [1.29, 1.82) is 0 Å². The van der Waals surface area contributed by atoms with Gasteiger partial charge in [-0.1, -0.05) is 18.2 Å². The highest BCUT2D eigenvalue weighted by molar-refractivity contribution is 5.92. The largest absolute Gasteiger partial charge is 0.464 e. The number of rotatable bonds is 4. The summed E-state index contributed by atoms with van der Waals surface area (Å²) < 4.78 is 7.63. The molecule has 1 aromatic carbocycles. The van der Waals surface area contributed by atoms with E-state index in [-0.39, 0.29) is 0 Å². The zero-order chi connectivity index (χ0) is 13.2. The van der Waals surface area contributed by atoms with Crippen LogP contribution in [0.3, 0.4) is 0 Å². The van der Waals surface area contributed by atoms with Crippen molar-refractivity contribution in [3.8, 4) is 11.4 Å². The molecule has 3 rings (SSSR count). The van der Waals surface area contributed by atoms with Crippen LogP contribution in [0, 0.1) is 0 Å². The zero-order valence-electron chi connectivity index (χ0n) is 11.1. The van der Waals surface area contributed by atoms with E-state index in [1.165, 1.54) is 0 Å². The Morgan fingerprint density at radius 1 is 1.21 bits per heavy atom. The fourth-order valence-corrected chi connectivity index (χ4v) is 2.24. The van der Waals surface area contributed by atoms with Crippen molar-refractivity contribution in [2.45, 2.75) is 20.4 Å². The molecule has 0 aliphatic heterocycles. The molecule has 0 radical (unpaired) electrons. The summed E-state index contributed by atoms with van der Waals surface area (Å²) in [5, 5.41) is 12.8. The van der Waals surface area contributed by atoms with Crippen molar-refractivity contribution in [1.82, 2.24) is 14.8 Å². The van der Waals surface area contributed by atoms with E-state index < -0.39 is 0 Å². The number of hydrogen-bond donors (Lipinski definition) is 1. The molecule has 5 nitrogen and oxygen atoms in total. The monoisotopic (exact) mass is 256 g/mol. The lowest BCUT2D eigenvalue weighted by atomic mass is 10.1. The fraction of sp³-hybridized carbons (Fsp3) is 0.286. The van der Waals surface area contributed by atoms with Crippen LogP contribution in [0.5, 0.6) is 0 Å². The highest BCUT2D eigenvalue weighted by Gasteiger charge is 2.16. The zero-order valence-corrected chi connectivity index (χ0v) is 11.1. The summed E-state index contributed by atoms with van der Waals surface area (Å²) in [4.78, 5) is 0. The summed E-state index contributed by atoms with van der Waals surface area (Å²) in [6.07, 6.45) is 1.75. The molecule has 0 saturated heterocycles. The summed E-state index contributed by atoms with van der Waals surface area (Å²) in [6.45, 7) is 5.76. The first-order valence-corrected chi connectivity index (χ1v) is 6.48. The van der Waals surface area contributed by atoms with Gasteiger partial charge >= 0.3 is 0 Å². The molecule has 5 heteroatoms.